The van der Waals surface area contributed by atoms with Crippen molar-refractivity contribution in [2.45, 2.75) is 26.3 Å². The van der Waals surface area contributed by atoms with Gasteiger partial charge in [-0.1, -0.05) is 25.1 Å². The zero-order valence-electron chi connectivity index (χ0n) is 23.9. The van der Waals surface area contributed by atoms with E-state index in [2.05, 4.69) is 61.9 Å². The minimum atomic E-state index is -0.0644. The molecule has 6 rings (SSSR count). The molecule has 0 N–H and O–H groups in total. The largest absolute Gasteiger partial charge is 0.338 e. The summed E-state index contributed by atoms with van der Waals surface area (Å²) in [6, 6.07) is 6.56. The first-order valence-electron chi connectivity index (χ1n) is 14.5. The molecule has 3 aromatic rings. The molecule has 2 amide bonds. The second-order valence-electron chi connectivity index (χ2n) is 11.0. The van der Waals surface area contributed by atoms with Crippen LogP contribution in [0.1, 0.15) is 44.3 Å². The maximum Gasteiger partial charge on any atom is 0.257 e. The van der Waals surface area contributed by atoms with Crippen LogP contribution in [0.5, 0.6) is 0 Å². The quantitative estimate of drug-likeness (QED) is 0.466. The van der Waals surface area contributed by atoms with Crippen LogP contribution >= 0.6 is 0 Å². The van der Waals surface area contributed by atoms with Crippen molar-refractivity contribution in [3.8, 4) is 0 Å². The van der Waals surface area contributed by atoms with Crippen molar-refractivity contribution >= 4 is 23.7 Å². The molecule has 1 aromatic carbocycles. The van der Waals surface area contributed by atoms with Gasteiger partial charge in [0.25, 0.3) is 11.8 Å². The number of aromatic nitrogens is 4. The van der Waals surface area contributed by atoms with Crippen molar-refractivity contribution in [3.63, 3.8) is 0 Å². The van der Waals surface area contributed by atoms with E-state index in [1.165, 1.54) is 16.7 Å². The number of carbonyl (C=O) groups excluding carboxylic acids is 2. The van der Waals surface area contributed by atoms with E-state index in [9.17, 15) is 9.59 Å². The van der Waals surface area contributed by atoms with Crippen LogP contribution in [0.4, 0.5) is 11.9 Å². The van der Waals surface area contributed by atoms with E-state index in [4.69, 9.17) is 0 Å². The summed E-state index contributed by atoms with van der Waals surface area (Å²) < 4.78 is 0. The Morgan fingerprint density at radius 2 is 1.22 bits per heavy atom. The SMILES string of the molecule is CCc1ccc2c(c1)CCN(C(=O)c1cnc(N3CCN(C(=O)c4cnc(N5CCN(C)CC5)nc4)CC3)nc1)C2. The Labute approximate surface area is 240 Å². The van der Waals surface area contributed by atoms with E-state index in [-0.39, 0.29) is 11.8 Å². The Morgan fingerprint density at radius 3 is 1.78 bits per heavy atom. The maximum atomic E-state index is 13.2. The molecule has 41 heavy (non-hydrogen) atoms. The van der Waals surface area contributed by atoms with Crippen LogP contribution in [0.25, 0.3) is 0 Å². The summed E-state index contributed by atoms with van der Waals surface area (Å²) in [5.41, 5.74) is 4.89. The predicted molar refractivity (Wildman–Crippen MR) is 156 cm³/mol. The Balaban J connectivity index is 1.01. The number of likely N-dealkylation sites (N-methyl/N-ethyl adjacent to an activating group) is 1. The van der Waals surface area contributed by atoms with Gasteiger partial charge in [0.1, 0.15) is 0 Å². The fourth-order valence-electron chi connectivity index (χ4n) is 5.67. The third-order valence-corrected chi connectivity index (χ3v) is 8.38. The fraction of sp³-hybridized carbons (Fsp3) is 0.467. The van der Waals surface area contributed by atoms with Gasteiger partial charge < -0.3 is 24.5 Å². The van der Waals surface area contributed by atoms with Gasteiger partial charge in [0, 0.05) is 90.2 Å². The van der Waals surface area contributed by atoms with Crippen LogP contribution in [-0.2, 0) is 19.4 Å². The number of rotatable bonds is 5. The van der Waals surface area contributed by atoms with Crippen molar-refractivity contribution in [1.29, 1.82) is 0 Å². The average Bonchev–Trinajstić information content (AvgIpc) is 3.04. The molecule has 2 fully saturated rings. The summed E-state index contributed by atoms with van der Waals surface area (Å²) in [5.74, 6) is 1.14. The van der Waals surface area contributed by atoms with Gasteiger partial charge in [0.15, 0.2) is 0 Å². The van der Waals surface area contributed by atoms with Gasteiger partial charge in [-0.15, -0.1) is 0 Å². The normalized spacial score (nSPS) is 17.9. The second kappa shape index (κ2) is 11.8. The molecule has 0 unspecified atom stereocenters. The zero-order valence-corrected chi connectivity index (χ0v) is 23.9. The molecule has 0 radical (unpaired) electrons. The van der Waals surface area contributed by atoms with Crippen LogP contribution in [0.15, 0.2) is 43.0 Å². The van der Waals surface area contributed by atoms with Gasteiger partial charge >= 0.3 is 0 Å². The second-order valence-corrected chi connectivity index (χ2v) is 11.0. The summed E-state index contributed by atoms with van der Waals surface area (Å²) in [6.45, 7) is 9.52. The van der Waals surface area contributed by atoms with Crippen LogP contribution in [0.2, 0.25) is 0 Å². The monoisotopic (exact) mass is 555 g/mol. The summed E-state index contributed by atoms with van der Waals surface area (Å²) in [6.07, 6.45) is 8.40. The van der Waals surface area contributed by atoms with E-state index in [0.717, 1.165) is 39.0 Å². The molecule has 0 saturated carbocycles. The molecule has 0 aliphatic carbocycles. The lowest BCUT2D eigenvalue weighted by atomic mass is 9.96. The smallest absolute Gasteiger partial charge is 0.257 e. The molecule has 3 aliphatic rings. The van der Waals surface area contributed by atoms with Gasteiger partial charge in [-0.05, 0) is 36.6 Å². The Kier molecular flexibility index (Phi) is 7.78. The van der Waals surface area contributed by atoms with E-state index in [0.29, 0.717) is 62.3 Å². The van der Waals surface area contributed by atoms with Crippen LogP contribution in [0.3, 0.4) is 0 Å². The van der Waals surface area contributed by atoms with Crippen molar-refractivity contribution < 1.29 is 9.59 Å². The lowest BCUT2D eigenvalue weighted by Crippen LogP contribution is -2.49. The average molecular weight is 556 g/mol. The first-order chi connectivity index (χ1) is 20.0. The van der Waals surface area contributed by atoms with Gasteiger partial charge in [0.2, 0.25) is 11.9 Å². The lowest BCUT2D eigenvalue weighted by molar-refractivity contribution is 0.0729. The number of fused-ring (bicyclic) bond motifs is 1. The number of anilines is 2. The number of nitrogens with zero attached hydrogens (tertiary/aromatic N) is 9. The standard InChI is InChI=1S/C30H37N9O2/c1-3-22-4-5-24-21-39(7-6-23(24)16-22)28(41)26-19-33-30(34-20-26)38-14-12-36(13-15-38)27(40)25-17-31-29(32-18-25)37-10-8-35(2)9-11-37/h4-5,16-20H,3,6-15,21H2,1-2H3. The number of hydrogen-bond acceptors (Lipinski definition) is 9. The number of amides is 2. The molecular weight excluding hydrogens is 518 g/mol. The summed E-state index contributed by atoms with van der Waals surface area (Å²) in [5, 5.41) is 0. The summed E-state index contributed by atoms with van der Waals surface area (Å²) in [4.78, 5) is 54.4. The van der Waals surface area contributed by atoms with E-state index < -0.39 is 0 Å². The number of piperazine rings is 2. The van der Waals surface area contributed by atoms with Crippen LogP contribution in [0, 0.1) is 0 Å². The molecule has 11 nitrogen and oxygen atoms in total. The van der Waals surface area contributed by atoms with Gasteiger partial charge in [-0.3, -0.25) is 9.59 Å². The van der Waals surface area contributed by atoms with E-state index in [1.54, 1.807) is 24.8 Å². The Hall–Kier alpha value is -4.12. The highest BCUT2D eigenvalue weighted by Gasteiger charge is 2.26. The molecule has 2 saturated heterocycles. The lowest BCUT2D eigenvalue weighted by Gasteiger charge is -2.35. The topological polar surface area (TPSA) is 102 Å². The van der Waals surface area contributed by atoms with Crippen molar-refractivity contribution in [1.82, 2.24) is 34.6 Å². The van der Waals surface area contributed by atoms with Gasteiger partial charge in [-0.2, -0.15) is 0 Å². The summed E-state index contributed by atoms with van der Waals surface area (Å²) in [7, 11) is 2.11. The molecule has 2 aromatic heterocycles. The molecule has 5 heterocycles. The molecule has 0 spiro atoms. The minimum absolute atomic E-state index is 0.0435. The predicted octanol–water partition coefficient (Wildman–Crippen LogP) is 1.74. The Morgan fingerprint density at radius 1 is 0.683 bits per heavy atom. The number of carbonyl (C=O) groups is 2. The molecular formula is C30H37N9O2. The maximum absolute atomic E-state index is 13.2. The summed E-state index contributed by atoms with van der Waals surface area (Å²) >= 11 is 0. The fourth-order valence-corrected chi connectivity index (χ4v) is 5.67. The van der Waals surface area contributed by atoms with E-state index >= 15 is 0 Å². The number of benzene rings is 1. The van der Waals surface area contributed by atoms with Gasteiger partial charge in [0.05, 0.1) is 11.1 Å². The van der Waals surface area contributed by atoms with Crippen LogP contribution in [-0.4, -0.2) is 112 Å². The molecule has 0 bridgehead atoms. The zero-order chi connectivity index (χ0) is 28.3. The first-order valence-corrected chi connectivity index (χ1v) is 14.5. The number of aryl methyl sites for hydroxylation is 1. The molecule has 11 heteroatoms. The highest BCUT2D eigenvalue weighted by atomic mass is 16.2. The first kappa shape index (κ1) is 27.1. The van der Waals surface area contributed by atoms with E-state index in [1.807, 2.05) is 14.7 Å². The highest BCUT2D eigenvalue weighted by molar-refractivity contribution is 5.94. The van der Waals surface area contributed by atoms with Crippen molar-refractivity contribution in [2.75, 3.05) is 75.8 Å². The third-order valence-electron chi connectivity index (χ3n) is 8.38. The molecule has 0 atom stereocenters. The molecule has 3 aliphatic heterocycles. The molecule has 214 valence electrons. The minimum Gasteiger partial charge on any atom is -0.338 e. The van der Waals surface area contributed by atoms with Crippen molar-refractivity contribution in [2.24, 2.45) is 0 Å². The third kappa shape index (κ3) is 5.85. The van der Waals surface area contributed by atoms with Crippen molar-refractivity contribution in [3.05, 3.63) is 70.8 Å². The highest BCUT2D eigenvalue weighted by Crippen LogP contribution is 2.22. The number of hydrogen-bond donors (Lipinski definition) is 0. The van der Waals surface area contributed by atoms with Gasteiger partial charge in [-0.25, -0.2) is 19.9 Å². The van der Waals surface area contributed by atoms with Crippen LogP contribution < -0.4 is 9.80 Å². The Bertz CT molecular complexity index is 1380.